The minimum absolute atomic E-state index is 0.0826. The van der Waals surface area contributed by atoms with Crippen LogP contribution < -0.4 is 0 Å². The van der Waals surface area contributed by atoms with E-state index in [1.807, 2.05) is 25.6 Å². The van der Waals surface area contributed by atoms with E-state index in [9.17, 15) is 14.4 Å². The third-order valence-corrected chi connectivity index (χ3v) is 5.64. The number of hydrogen-bond acceptors (Lipinski definition) is 5. The highest BCUT2D eigenvalue weighted by Gasteiger charge is 2.47. The summed E-state index contributed by atoms with van der Waals surface area (Å²) in [6.07, 6.45) is 1.56. The van der Waals surface area contributed by atoms with Gasteiger partial charge in [-0.05, 0) is 25.8 Å². The van der Waals surface area contributed by atoms with Crippen LogP contribution in [0.5, 0.6) is 0 Å². The van der Waals surface area contributed by atoms with Crippen molar-refractivity contribution in [3.8, 4) is 0 Å². The number of carboxylic acids is 1. The average molecular weight is 378 g/mol. The van der Waals surface area contributed by atoms with Crippen molar-refractivity contribution in [3.05, 3.63) is 17.0 Å². The predicted octanol–water partition coefficient (Wildman–Crippen LogP) is 0.868. The van der Waals surface area contributed by atoms with E-state index in [0.717, 1.165) is 17.0 Å². The average Bonchev–Trinajstić information content (AvgIpc) is 3.02. The summed E-state index contributed by atoms with van der Waals surface area (Å²) in [5.41, 5.74) is 2.49. The fourth-order valence-corrected chi connectivity index (χ4v) is 3.97. The molecule has 2 aliphatic rings. The number of nitrogens with zero attached hydrogens (tertiary/aromatic N) is 4. The van der Waals surface area contributed by atoms with Gasteiger partial charge in [-0.15, -0.1) is 0 Å². The minimum atomic E-state index is -1.06. The summed E-state index contributed by atoms with van der Waals surface area (Å²) < 4.78 is 7.30. The minimum Gasteiger partial charge on any atom is -0.480 e. The Kier molecular flexibility index (Phi) is 5.12. The molecule has 27 heavy (non-hydrogen) atoms. The second-order valence-corrected chi connectivity index (χ2v) is 7.45. The number of aliphatic carboxylic acids is 1. The molecule has 1 spiro atoms. The molecule has 1 aromatic heterocycles. The van der Waals surface area contributed by atoms with Crippen LogP contribution in [-0.2, 0) is 27.8 Å². The molecule has 0 saturated carbocycles. The number of hydrogen-bond donors (Lipinski definition) is 1. The van der Waals surface area contributed by atoms with Crippen molar-refractivity contribution >= 4 is 18.0 Å². The summed E-state index contributed by atoms with van der Waals surface area (Å²) in [7, 11) is 1.90. The number of amides is 2. The Morgan fingerprint density at radius 2 is 1.93 bits per heavy atom. The molecule has 0 unspecified atom stereocenters. The van der Waals surface area contributed by atoms with Crippen LogP contribution in [0.15, 0.2) is 0 Å². The van der Waals surface area contributed by atoms with E-state index in [1.165, 1.54) is 4.90 Å². The molecular formula is C18H26N4O5. The maximum absolute atomic E-state index is 12.6. The fraction of sp³-hybridized carbons (Fsp3) is 0.667. The summed E-state index contributed by atoms with van der Waals surface area (Å²) in [6, 6.07) is 0. The zero-order chi connectivity index (χ0) is 19.8. The maximum atomic E-state index is 12.6. The van der Waals surface area contributed by atoms with Gasteiger partial charge in [-0.25, -0.2) is 4.79 Å². The normalized spacial score (nSPS) is 18.9. The van der Waals surface area contributed by atoms with E-state index in [-0.39, 0.29) is 19.0 Å². The van der Waals surface area contributed by atoms with Gasteiger partial charge in [0.05, 0.1) is 12.2 Å². The lowest BCUT2D eigenvalue weighted by Gasteiger charge is -2.37. The Morgan fingerprint density at radius 1 is 1.26 bits per heavy atom. The molecule has 9 heteroatoms. The molecule has 2 aliphatic heterocycles. The first-order valence-corrected chi connectivity index (χ1v) is 9.17. The van der Waals surface area contributed by atoms with Crippen LogP contribution in [0.1, 0.15) is 36.2 Å². The van der Waals surface area contributed by atoms with Gasteiger partial charge in [0.25, 0.3) is 0 Å². The molecule has 2 amide bonds. The van der Waals surface area contributed by atoms with Crippen LogP contribution in [-0.4, -0.2) is 74.4 Å². The van der Waals surface area contributed by atoms with Gasteiger partial charge in [-0.1, -0.05) is 0 Å². The van der Waals surface area contributed by atoms with Gasteiger partial charge in [0.2, 0.25) is 5.91 Å². The third-order valence-electron chi connectivity index (χ3n) is 5.64. The molecule has 148 valence electrons. The first-order valence-electron chi connectivity index (χ1n) is 9.17. The monoisotopic (exact) mass is 378 g/mol. The van der Waals surface area contributed by atoms with Gasteiger partial charge in [0.15, 0.2) is 0 Å². The summed E-state index contributed by atoms with van der Waals surface area (Å²) in [4.78, 5) is 38.3. The smallest absolute Gasteiger partial charge is 0.411 e. The second kappa shape index (κ2) is 7.21. The van der Waals surface area contributed by atoms with Crippen molar-refractivity contribution in [1.82, 2.24) is 19.6 Å². The highest BCUT2D eigenvalue weighted by Crippen LogP contribution is 2.33. The molecule has 1 aromatic rings. The molecule has 3 rings (SSSR count). The van der Waals surface area contributed by atoms with Crippen LogP contribution in [0.3, 0.4) is 0 Å². The number of ether oxygens (including phenoxy) is 1. The van der Waals surface area contributed by atoms with E-state index in [2.05, 4.69) is 5.10 Å². The van der Waals surface area contributed by atoms with Gasteiger partial charge in [0.1, 0.15) is 12.1 Å². The number of carbonyl (C=O) groups is 3. The lowest BCUT2D eigenvalue weighted by Crippen LogP contribution is -2.49. The molecular weight excluding hydrogens is 352 g/mol. The molecule has 0 aromatic carbocycles. The van der Waals surface area contributed by atoms with Crippen molar-refractivity contribution < 1.29 is 24.2 Å². The van der Waals surface area contributed by atoms with Crippen molar-refractivity contribution in [2.75, 3.05) is 26.2 Å². The Bertz CT molecular complexity index is 764. The topological polar surface area (TPSA) is 105 Å². The Labute approximate surface area is 157 Å². The lowest BCUT2D eigenvalue weighted by atomic mass is 9.91. The van der Waals surface area contributed by atoms with Gasteiger partial charge >= 0.3 is 12.1 Å². The van der Waals surface area contributed by atoms with Crippen LogP contribution >= 0.6 is 0 Å². The second-order valence-electron chi connectivity index (χ2n) is 7.45. The number of piperidine rings is 1. The van der Waals surface area contributed by atoms with Gasteiger partial charge < -0.3 is 14.7 Å². The van der Waals surface area contributed by atoms with E-state index in [4.69, 9.17) is 9.84 Å². The van der Waals surface area contributed by atoms with Crippen LogP contribution in [0.25, 0.3) is 0 Å². The van der Waals surface area contributed by atoms with E-state index >= 15 is 0 Å². The summed E-state index contributed by atoms with van der Waals surface area (Å²) in [5.74, 6) is -0.975. The zero-order valence-corrected chi connectivity index (χ0v) is 16.0. The largest absolute Gasteiger partial charge is 0.480 e. The zero-order valence-electron chi connectivity index (χ0n) is 16.0. The molecule has 2 fully saturated rings. The van der Waals surface area contributed by atoms with Crippen molar-refractivity contribution in [1.29, 1.82) is 0 Å². The molecule has 0 bridgehead atoms. The lowest BCUT2D eigenvalue weighted by molar-refractivity contribution is -0.137. The summed E-state index contributed by atoms with van der Waals surface area (Å²) in [5, 5.41) is 13.3. The molecule has 0 atom stereocenters. The van der Waals surface area contributed by atoms with Crippen molar-refractivity contribution in [2.24, 2.45) is 7.05 Å². The van der Waals surface area contributed by atoms with E-state index in [1.54, 1.807) is 4.90 Å². The van der Waals surface area contributed by atoms with Gasteiger partial charge in [0, 0.05) is 45.1 Å². The van der Waals surface area contributed by atoms with Crippen LogP contribution in [0.2, 0.25) is 0 Å². The van der Waals surface area contributed by atoms with Gasteiger partial charge in [-0.3, -0.25) is 19.2 Å². The van der Waals surface area contributed by atoms with E-state index in [0.29, 0.717) is 38.8 Å². The Morgan fingerprint density at radius 3 is 2.48 bits per heavy atom. The predicted molar refractivity (Wildman–Crippen MR) is 95.2 cm³/mol. The third kappa shape index (κ3) is 3.91. The molecule has 3 heterocycles. The maximum Gasteiger partial charge on any atom is 0.411 e. The molecule has 1 N–H and O–H groups in total. The summed E-state index contributed by atoms with van der Waals surface area (Å²) >= 11 is 0. The first kappa shape index (κ1) is 19.2. The molecule has 0 radical (unpaired) electrons. The molecule has 9 nitrogen and oxygen atoms in total. The number of aryl methyl sites for hydroxylation is 2. The van der Waals surface area contributed by atoms with Crippen LogP contribution in [0.4, 0.5) is 4.79 Å². The van der Waals surface area contributed by atoms with Gasteiger partial charge in [-0.2, -0.15) is 5.10 Å². The number of carbonyl (C=O) groups excluding carboxylic acids is 2. The first-order chi connectivity index (χ1) is 12.7. The number of rotatable bonds is 5. The Balaban J connectivity index is 1.52. The van der Waals surface area contributed by atoms with Crippen molar-refractivity contribution in [2.45, 2.75) is 45.1 Å². The number of aromatic nitrogens is 2. The standard InChI is InChI=1S/C18H26N4O5/c1-12-14(13(2)20(3)19-12)4-5-15(23)21-8-6-18(7-9-21)11-22(10-16(24)25)17(26)27-18/h4-11H2,1-3H3,(H,24,25). The number of carboxylic acid groups (broad SMARTS) is 1. The van der Waals surface area contributed by atoms with Crippen molar-refractivity contribution in [3.63, 3.8) is 0 Å². The fourth-order valence-electron chi connectivity index (χ4n) is 3.97. The molecule has 2 saturated heterocycles. The van der Waals surface area contributed by atoms with Crippen LogP contribution in [0, 0.1) is 13.8 Å². The molecule has 0 aliphatic carbocycles. The summed E-state index contributed by atoms with van der Waals surface area (Å²) in [6.45, 7) is 4.90. The highest BCUT2D eigenvalue weighted by molar-refractivity contribution is 5.79. The number of likely N-dealkylation sites (tertiary alicyclic amines) is 1. The Hall–Kier alpha value is -2.58. The quantitative estimate of drug-likeness (QED) is 0.815. The highest BCUT2D eigenvalue weighted by atomic mass is 16.6. The van der Waals surface area contributed by atoms with E-state index < -0.39 is 17.7 Å². The SMILES string of the molecule is Cc1nn(C)c(C)c1CCC(=O)N1CCC2(CC1)CN(CC(=O)O)C(=O)O2.